The second-order valence-corrected chi connectivity index (χ2v) is 7.20. The summed E-state index contributed by atoms with van der Waals surface area (Å²) in [6.07, 6.45) is 0.881. The molecule has 2 N–H and O–H groups in total. The lowest BCUT2D eigenvalue weighted by Crippen LogP contribution is -2.49. The number of anilines is 2. The van der Waals surface area contributed by atoms with Gasteiger partial charge in [0.2, 0.25) is 0 Å². The number of carbonyl (C=O) groups excluding carboxylic acids is 2. The average Bonchev–Trinajstić information content (AvgIpc) is 2.64. The first kappa shape index (κ1) is 19.7. The topological polar surface area (TPSA) is 64.7 Å². The fourth-order valence-electron chi connectivity index (χ4n) is 3.50. The van der Waals surface area contributed by atoms with Gasteiger partial charge in [0, 0.05) is 26.2 Å². The van der Waals surface area contributed by atoms with Crippen LogP contribution in [-0.2, 0) is 6.54 Å². The Morgan fingerprint density at radius 3 is 2.61 bits per heavy atom. The molecule has 6 heteroatoms. The maximum Gasteiger partial charge on any atom is 0.324 e. The maximum atomic E-state index is 13.2. The monoisotopic (exact) mass is 380 g/mol. The Morgan fingerprint density at radius 2 is 1.86 bits per heavy atom. The van der Waals surface area contributed by atoms with E-state index in [0.29, 0.717) is 25.3 Å². The van der Waals surface area contributed by atoms with E-state index >= 15 is 0 Å². The average molecular weight is 380 g/mol. The van der Waals surface area contributed by atoms with Crippen molar-refractivity contribution < 1.29 is 9.59 Å². The van der Waals surface area contributed by atoms with Gasteiger partial charge in [0.05, 0.1) is 11.4 Å². The summed E-state index contributed by atoms with van der Waals surface area (Å²) in [7, 11) is 0. The van der Waals surface area contributed by atoms with Crippen molar-refractivity contribution in [1.29, 1.82) is 0 Å². The van der Waals surface area contributed by atoms with Crippen LogP contribution < -0.4 is 15.5 Å². The van der Waals surface area contributed by atoms with Gasteiger partial charge in [-0.05, 0) is 50.5 Å². The predicted octanol–water partition coefficient (Wildman–Crippen LogP) is 4.28. The predicted molar refractivity (Wildman–Crippen MR) is 113 cm³/mol. The molecule has 0 aromatic heterocycles. The number of nitrogens with zero attached hydrogens (tertiary/aromatic N) is 2. The molecule has 1 heterocycles. The Labute approximate surface area is 166 Å². The van der Waals surface area contributed by atoms with E-state index < -0.39 is 0 Å². The summed E-state index contributed by atoms with van der Waals surface area (Å²) < 4.78 is 0. The van der Waals surface area contributed by atoms with Crippen LogP contribution >= 0.6 is 0 Å². The number of rotatable bonds is 5. The number of urea groups is 2. The van der Waals surface area contributed by atoms with Crippen LogP contribution in [0.2, 0.25) is 0 Å². The van der Waals surface area contributed by atoms with Crippen LogP contribution in [0.25, 0.3) is 0 Å². The Morgan fingerprint density at radius 1 is 1.07 bits per heavy atom. The van der Waals surface area contributed by atoms with Crippen molar-refractivity contribution in [3.63, 3.8) is 0 Å². The summed E-state index contributed by atoms with van der Waals surface area (Å²) in [6.45, 7) is 8.38. The van der Waals surface area contributed by atoms with Gasteiger partial charge in [-0.3, -0.25) is 4.90 Å². The first-order chi connectivity index (χ1) is 13.5. The van der Waals surface area contributed by atoms with E-state index in [0.717, 1.165) is 29.8 Å². The molecule has 0 unspecified atom stereocenters. The van der Waals surface area contributed by atoms with Crippen molar-refractivity contribution in [2.45, 2.75) is 33.7 Å². The first-order valence-electron chi connectivity index (χ1n) is 9.75. The molecule has 2 aromatic rings. The van der Waals surface area contributed by atoms with Crippen molar-refractivity contribution in [3.05, 3.63) is 59.2 Å². The summed E-state index contributed by atoms with van der Waals surface area (Å²) in [5.74, 6) is 0. The summed E-state index contributed by atoms with van der Waals surface area (Å²) in [5, 5.41) is 5.62. The number of benzene rings is 2. The SMILES string of the molecule is CCNC(=O)Nc1cc(C)ccc1N1CCCN(Cc2cccc(C)c2)C1=O. The molecular formula is C22H28N4O2. The minimum absolute atomic E-state index is 0.0319. The van der Waals surface area contributed by atoms with Gasteiger partial charge >= 0.3 is 12.1 Å². The third kappa shape index (κ3) is 4.63. The van der Waals surface area contributed by atoms with Gasteiger partial charge in [-0.2, -0.15) is 0 Å². The summed E-state index contributed by atoms with van der Waals surface area (Å²) in [4.78, 5) is 28.9. The third-order valence-corrected chi connectivity index (χ3v) is 4.80. The standard InChI is InChI=1S/C22H28N4O2/c1-4-23-21(27)24-19-14-17(3)9-10-20(19)26-12-6-11-25(22(26)28)15-18-8-5-7-16(2)13-18/h5,7-10,13-14H,4,6,11-12,15H2,1-3H3,(H2,23,24,27). The zero-order valence-electron chi connectivity index (χ0n) is 16.8. The Bertz CT molecular complexity index is 865. The molecule has 0 bridgehead atoms. The molecule has 0 saturated carbocycles. The zero-order valence-corrected chi connectivity index (χ0v) is 16.8. The first-order valence-corrected chi connectivity index (χ1v) is 9.75. The second-order valence-electron chi connectivity index (χ2n) is 7.20. The number of hydrogen-bond donors (Lipinski definition) is 2. The molecule has 3 rings (SSSR count). The summed E-state index contributed by atoms with van der Waals surface area (Å²) in [6, 6.07) is 13.7. The molecule has 0 aliphatic carbocycles. The lowest BCUT2D eigenvalue weighted by molar-refractivity contribution is 0.192. The summed E-state index contributed by atoms with van der Waals surface area (Å²) >= 11 is 0. The maximum absolute atomic E-state index is 13.2. The van der Waals surface area contributed by atoms with Crippen molar-refractivity contribution in [2.75, 3.05) is 29.9 Å². The minimum Gasteiger partial charge on any atom is -0.338 e. The zero-order chi connectivity index (χ0) is 20.1. The molecule has 0 radical (unpaired) electrons. The van der Waals surface area contributed by atoms with Gasteiger partial charge in [-0.25, -0.2) is 9.59 Å². The summed E-state index contributed by atoms with van der Waals surface area (Å²) in [5.41, 5.74) is 4.72. The third-order valence-electron chi connectivity index (χ3n) is 4.80. The molecule has 1 aliphatic rings. The highest BCUT2D eigenvalue weighted by Crippen LogP contribution is 2.30. The lowest BCUT2D eigenvalue weighted by Gasteiger charge is -2.36. The molecule has 28 heavy (non-hydrogen) atoms. The van der Waals surface area contributed by atoms with Crippen molar-refractivity contribution >= 4 is 23.4 Å². The van der Waals surface area contributed by atoms with Crippen molar-refractivity contribution in [2.24, 2.45) is 0 Å². The van der Waals surface area contributed by atoms with Gasteiger partial charge in [-0.15, -0.1) is 0 Å². The van der Waals surface area contributed by atoms with E-state index in [4.69, 9.17) is 0 Å². The molecule has 148 valence electrons. The van der Waals surface area contributed by atoms with Crippen molar-refractivity contribution in [3.8, 4) is 0 Å². The molecule has 2 aromatic carbocycles. The molecule has 0 spiro atoms. The van der Waals surface area contributed by atoms with E-state index in [-0.39, 0.29) is 12.1 Å². The van der Waals surface area contributed by atoms with E-state index in [9.17, 15) is 9.59 Å². The van der Waals surface area contributed by atoms with Gasteiger partial charge in [0.25, 0.3) is 0 Å². The van der Waals surface area contributed by atoms with Gasteiger partial charge in [0.1, 0.15) is 0 Å². The number of amides is 4. The van der Waals surface area contributed by atoms with Gasteiger partial charge in [-0.1, -0.05) is 35.9 Å². The van der Waals surface area contributed by atoms with Crippen LogP contribution in [0, 0.1) is 13.8 Å². The van der Waals surface area contributed by atoms with Crippen molar-refractivity contribution in [1.82, 2.24) is 10.2 Å². The Hall–Kier alpha value is -3.02. The van der Waals surface area contributed by atoms with E-state index in [2.05, 4.69) is 29.7 Å². The highest BCUT2D eigenvalue weighted by atomic mass is 16.2. The van der Waals surface area contributed by atoms with Crippen LogP contribution in [0.5, 0.6) is 0 Å². The second kappa shape index (κ2) is 8.78. The van der Waals surface area contributed by atoms with E-state index in [1.165, 1.54) is 5.56 Å². The largest absolute Gasteiger partial charge is 0.338 e. The molecule has 6 nitrogen and oxygen atoms in total. The van der Waals surface area contributed by atoms with Crippen LogP contribution in [0.4, 0.5) is 21.0 Å². The number of hydrogen-bond acceptors (Lipinski definition) is 2. The normalized spacial score (nSPS) is 14.2. The Kier molecular flexibility index (Phi) is 6.19. The fourth-order valence-corrected chi connectivity index (χ4v) is 3.50. The van der Waals surface area contributed by atoms with Crippen LogP contribution in [0.1, 0.15) is 30.0 Å². The van der Waals surface area contributed by atoms with Gasteiger partial charge < -0.3 is 15.5 Å². The highest BCUT2D eigenvalue weighted by Gasteiger charge is 2.28. The minimum atomic E-state index is -0.268. The van der Waals surface area contributed by atoms with Gasteiger partial charge in [0.15, 0.2) is 0 Å². The molecular weight excluding hydrogens is 352 g/mol. The molecule has 4 amide bonds. The number of aryl methyl sites for hydroxylation is 2. The van der Waals surface area contributed by atoms with E-state index in [1.807, 2.05) is 49.1 Å². The lowest BCUT2D eigenvalue weighted by atomic mass is 10.1. The molecule has 1 aliphatic heterocycles. The molecule has 1 fully saturated rings. The quantitative estimate of drug-likeness (QED) is 0.813. The van der Waals surface area contributed by atoms with Crippen LogP contribution in [0.3, 0.4) is 0 Å². The van der Waals surface area contributed by atoms with E-state index in [1.54, 1.807) is 4.90 Å². The van der Waals surface area contributed by atoms with Crippen LogP contribution in [0.15, 0.2) is 42.5 Å². The Balaban J connectivity index is 1.82. The van der Waals surface area contributed by atoms with Crippen LogP contribution in [-0.4, -0.2) is 36.6 Å². The number of nitrogens with one attached hydrogen (secondary N) is 2. The highest BCUT2D eigenvalue weighted by molar-refractivity contribution is 6.00. The molecule has 1 saturated heterocycles. The smallest absolute Gasteiger partial charge is 0.324 e. The number of carbonyl (C=O) groups is 2. The molecule has 0 atom stereocenters. The fraction of sp³-hybridized carbons (Fsp3) is 0.364.